The minimum absolute atomic E-state index is 0.471. The summed E-state index contributed by atoms with van der Waals surface area (Å²) in [7, 11) is 0. The van der Waals surface area contributed by atoms with E-state index in [4.69, 9.17) is 23.8 Å². The summed E-state index contributed by atoms with van der Waals surface area (Å²) in [4.78, 5) is 16.9. The van der Waals surface area contributed by atoms with Crippen LogP contribution in [-0.4, -0.2) is 24.1 Å². The maximum atomic E-state index is 7.34. The van der Waals surface area contributed by atoms with Crippen LogP contribution < -0.4 is 0 Å². The number of para-hydroxylation sites is 6. The molecule has 0 bridgehead atoms. The van der Waals surface area contributed by atoms with Crippen molar-refractivity contribution in [1.82, 2.24) is 24.1 Å². The van der Waals surface area contributed by atoms with Crippen LogP contribution in [0.3, 0.4) is 0 Å². The number of hydrogen-bond acceptors (Lipinski definition) is 5. The van der Waals surface area contributed by atoms with Gasteiger partial charge in [-0.2, -0.15) is 0 Å². The molecule has 16 rings (SSSR count). The number of furan rings is 2. The number of nitrogens with zero attached hydrogens (tertiary/aromatic N) is 5. The summed E-state index contributed by atoms with van der Waals surface area (Å²) in [5.74, 6) is 1.47. The van der Waals surface area contributed by atoms with Gasteiger partial charge in [0, 0.05) is 59.7 Å². The van der Waals surface area contributed by atoms with Gasteiger partial charge in [0.2, 0.25) is 0 Å². The van der Waals surface area contributed by atoms with Crippen molar-refractivity contribution in [2.75, 3.05) is 0 Å². The van der Waals surface area contributed by atoms with Crippen molar-refractivity contribution in [3.05, 3.63) is 224 Å². The second-order valence-corrected chi connectivity index (χ2v) is 18.6. The largest absolute Gasteiger partial charge is 0.455 e. The van der Waals surface area contributed by atoms with Crippen molar-refractivity contribution in [2.24, 2.45) is 0 Å². The van der Waals surface area contributed by atoms with Gasteiger partial charge in [0.15, 0.2) is 17.5 Å². The van der Waals surface area contributed by atoms with Crippen molar-refractivity contribution >= 4 is 109 Å². The molecular weight excluding hydrogens is 883 g/mol. The van der Waals surface area contributed by atoms with Crippen LogP contribution in [0.2, 0.25) is 0 Å². The third kappa shape index (κ3) is 5.53. The van der Waals surface area contributed by atoms with Gasteiger partial charge in [-0.25, -0.2) is 15.0 Å². The fourth-order valence-electron chi connectivity index (χ4n) is 11.6. The predicted octanol–water partition coefficient (Wildman–Crippen LogP) is 17.2. The fourth-order valence-corrected chi connectivity index (χ4v) is 11.6. The standard InChI is InChI=1S/C65H37N5O2/c1-2-19-41(20-3-1)69-53-29-11-8-22-43(53)46-25-14-27-50(59(46)69)63-66-64(51-28-15-26-47-45-24-10-13-31-57(45)71-61(47)51)68-65(67-63)58-55(35-34-49-48-33-32-38-16-6-7-21-42(38)60(48)72-62(49)58)70-54-30-12-9-23-44(54)52-36-39-17-4-5-18-40(39)37-56(52)70/h1-37H. The number of rotatable bonds is 5. The van der Waals surface area contributed by atoms with E-state index in [0.717, 1.165) is 121 Å². The molecule has 0 unspecified atom stereocenters. The lowest BCUT2D eigenvalue weighted by Crippen LogP contribution is -2.05. The van der Waals surface area contributed by atoms with Crippen molar-refractivity contribution in [2.45, 2.75) is 0 Å². The minimum Gasteiger partial charge on any atom is -0.455 e. The highest BCUT2D eigenvalue weighted by Gasteiger charge is 2.27. The van der Waals surface area contributed by atoms with E-state index in [-0.39, 0.29) is 0 Å². The summed E-state index contributed by atoms with van der Waals surface area (Å²) in [6.07, 6.45) is 0. The van der Waals surface area contributed by atoms with Crippen LogP contribution >= 0.6 is 0 Å². The third-order valence-electron chi connectivity index (χ3n) is 14.7. The Hall–Kier alpha value is -9.85. The van der Waals surface area contributed by atoms with E-state index >= 15 is 0 Å². The van der Waals surface area contributed by atoms with Gasteiger partial charge in [-0.15, -0.1) is 0 Å². The molecule has 7 heteroatoms. The first-order valence-electron chi connectivity index (χ1n) is 24.3. The Morgan fingerprint density at radius 3 is 1.69 bits per heavy atom. The Kier molecular flexibility index (Phi) is 8.04. The monoisotopic (exact) mass is 919 g/mol. The summed E-state index contributed by atoms with van der Waals surface area (Å²) in [5, 5.41) is 13.0. The van der Waals surface area contributed by atoms with Crippen molar-refractivity contribution in [3.8, 4) is 45.5 Å². The smallest absolute Gasteiger partial charge is 0.170 e. The molecule has 0 aliphatic carbocycles. The predicted molar refractivity (Wildman–Crippen MR) is 294 cm³/mol. The van der Waals surface area contributed by atoms with Gasteiger partial charge < -0.3 is 18.0 Å². The van der Waals surface area contributed by atoms with Crippen LogP contribution in [0, 0.1) is 0 Å². The van der Waals surface area contributed by atoms with Crippen LogP contribution in [0.4, 0.5) is 0 Å². The van der Waals surface area contributed by atoms with E-state index < -0.39 is 0 Å². The second-order valence-electron chi connectivity index (χ2n) is 18.6. The van der Waals surface area contributed by atoms with Gasteiger partial charge in [-0.05, 0) is 89.0 Å². The molecule has 5 heterocycles. The van der Waals surface area contributed by atoms with Gasteiger partial charge in [0.05, 0.1) is 38.9 Å². The van der Waals surface area contributed by atoms with Gasteiger partial charge in [-0.1, -0.05) is 152 Å². The van der Waals surface area contributed by atoms with Crippen LogP contribution in [0.25, 0.3) is 155 Å². The average Bonchev–Trinajstić information content (AvgIpc) is 4.20. The van der Waals surface area contributed by atoms with E-state index in [0.29, 0.717) is 28.6 Å². The topological polar surface area (TPSA) is 74.8 Å². The molecule has 11 aromatic carbocycles. The maximum absolute atomic E-state index is 7.34. The molecule has 0 spiro atoms. The molecule has 5 aromatic heterocycles. The molecule has 0 radical (unpaired) electrons. The van der Waals surface area contributed by atoms with Gasteiger partial charge >= 0.3 is 0 Å². The molecule has 0 aliphatic heterocycles. The van der Waals surface area contributed by atoms with Gasteiger partial charge in [-0.3, -0.25) is 0 Å². The van der Waals surface area contributed by atoms with E-state index in [1.807, 2.05) is 18.2 Å². The Labute approximate surface area is 410 Å². The molecule has 0 saturated heterocycles. The molecule has 7 nitrogen and oxygen atoms in total. The number of hydrogen-bond donors (Lipinski definition) is 0. The quantitative estimate of drug-likeness (QED) is 0.172. The Bertz CT molecular complexity index is 4940. The van der Waals surface area contributed by atoms with Crippen molar-refractivity contribution in [1.29, 1.82) is 0 Å². The summed E-state index contributed by atoms with van der Waals surface area (Å²) >= 11 is 0. The Morgan fingerprint density at radius 1 is 0.306 bits per heavy atom. The number of fused-ring (bicyclic) bond motifs is 15. The summed E-state index contributed by atoms with van der Waals surface area (Å²) in [5.41, 5.74) is 11.5. The maximum Gasteiger partial charge on any atom is 0.170 e. The highest BCUT2D eigenvalue weighted by molar-refractivity contribution is 6.20. The van der Waals surface area contributed by atoms with Crippen LogP contribution in [0.1, 0.15) is 0 Å². The zero-order valence-corrected chi connectivity index (χ0v) is 38.4. The molecule has 334 valence electrons. The lowest BCUT2D eigenvalue weighted by molar-refractivity contribution is 0.669. The summed E-state index contributed by atoms with van der Waals surface area (Å²) in [6, 6.07) is 79.0. The van der Waals surface area contributed by atoms with E-state index in [1.54, 1.807) is 0 Å². The van der Waals surface area contributed by atoms with Crippen molar-refractivity contribution in [3.63, 3.8) is 0 Å². The lowest BCUT2D eigenvalue weighted by atomic mass is 10.0. The molecule has 72 heavy (non-hydrogen) atoms. The Morgan fingerprint density at radius 2 is 0.875 bits per heavy atom. The summed E-state index contributed by atoms with van der Waals surface area (Å²) < 4.78 is 18.8. The van der Waals surface area contributed by atoms with Crippen LogP contribution in [0.15, 0.2) is 233 Å². The molecule has 0 fully saturated rings. The second kappa shape index (κ2) is 14.8. The molecule has 0 aliphatic rings. The molecule has 16 aromatic rings. The normalized spacial score (nSPS) is 12.2. The summed E-state index contributed by atoms with van der Waals surface area (Å²) in [6.45, 7) is 0. The number of aromatic nitrogens is 5. The third-order valence-corrected chi connectivity index (χ3v) is 14.7. The van der Waals surface area contributed by atoms with Gasteiger partial charge in [0.25, 0.3) is 0 Å². The first-order valence-corrected chi connectivity index (χ1v) is 24.3. The zero-order chi connectivity index (χ0) is 47.0. The SMILES string of the molecule is c1ccc(-n2c3ccccc3c3cccc(-c4nc(-c5cccc6c5oc5ccccc56)nc(-c5c(-n6c7ccccc7c7cc8ccccc8cc76)ccc6c5oc5c7ccccc7ccc65)n4)c32)cc1. The number of benzene rings is 11. The molecule has 0 N–H and O–H groups in total. The molecule has 0 saturated carbocycles. The molecular formula is C65H37N5O2. The van der Waals surface area contributed by atoms with E-state index in [2.05, 4.69) is 215 Å². The highest BCUT2D eigenvalue weighted by Crippen LogP contribution is 2.46. The zero-order valence-electron chi connectivity index (χ0n) is 38.4. The van der Waals surface area contributed by atoms with Crippen LogP contribution in [-0.2, 0) is 0 Å². The first kappa shape index (κ1) is 39.0. The van der Waals surface area contributed by atoms with Crippen molar-refractivity contribution < 1.29 is 8.83 Å². The van der Waals surface area contributed by atoms with E-state index in [9.17, 15) is 0 Å². The van der Waals surface area contributed by atoms with Gasteiger partial charge in [0.1, 0.15) is 22.3 Å². The highest BCUT2D eigenvalue weighted by atomic mass is 16.3. The average molecular weight is 920 g/mol. The first-order chi connectivity index (χ1) is 35.7. The Balaban J connectivity index is 1.08. The molecule has 0 atom stereocenters. The molecule has 0 amide bonds. The lowest BCUT2D eigenvalue weighted by Gasteiger charge is -2.16. The minimum atomic E-state index is 0.471. The van der Waals surface area contributed by atoms with Crippen LogP contribution in [0.5, 0.6) is 0 Å². The fraction of sp³-hybridized carbons (Fsp3) is 0. The van der Waals surface area contributed by atoms with E-state index in [1.165, 1.54) is 5.39 Å².